The van der Waals surface area contributed by atoms with Crippen molar-refractivity contribution < 1.29 is 23.8 Å². The van der Waals surface area contributed by atoms with Gasteiger partial charge in [0.1, 0.15) is 17.1 Å². The van der Waals surface area contributed by atoms with E-state index < -0.39 is 5.97 Å². The first-order chi connectivity index (χ1) is 15.5. The van der Waals surface area contributed by atoms with Crippen molar-refractivity contribution in [3.8, 4) is 11.5 Å². The molecule has 1 aliphatic heterocycles. The first-order valence-corrected chi connectivity index (χ1v) is 10.8. The van der Waals surface area contributed by atoms with Gasteiger partial charge in [-0.2, -0.15) is 0 Å². The van der Waals surface area contributed by atoms with E-state index >= 15 is 0 Å². The van der Waals surface area contributed by atoms with Gasteiger partial charge in [-0.15, -0.1) is 0 Å². The smallest absolute Gasteiger partial charge is 0.342 e. The van der Waals surface area contributed by atoms with Crippen LogP contribution in [-0.2, 0) is 16.0 Å². The number of nitrogens with zero attached hydrogens (tertiary/aromatic N) is 1. The van der Waals surface area contributed by atoms with Crippen LogP contribution in [0.5, 0.6) is 11.5 Å². The normalized spacial score (nSPS) is 15.5. The largest absolute Gasteiger partial charge is 0.456 e. The third kappa shape index (κ3) is 4.92. The number of hydrogen-bond donors (Lipinski definition) is 0. The standard InChI is InChI=1S/C26H27NO5/c1-18-15-23(19(2)27(18)16-21-11-8-14-30-21)24(28)17-31-26(29)22-12-6-7-13-25(22)32-20-9-4-3-5-10-20/h3-7,9-10,12-13,15,21H,8,11,14,16-17H2,1-2H3/t21-/m0/s1. The summed E-state index contributed by atoms with van der Waals surface area (Å²) in [6.45, 7) is 5.08. The Morgan fingerprint density at radius 3 is 2.53 bits per heavy atom. The first-order valence-electron chi connectivity index (χ1n) is 10.8. The van der Waals surface area contributed by atoms with Gasteiger partial charge in [0.15, 0.2) is 6.61 Å². The summed E-state index contributed by atoms with van der Waals surface area (Å²) in [6, 6.07) is 17.9. The van der Waals surface area contributed by atoms with Crippen LogP contribution in [0.2, 0.25) is 0 Å². The number of ether oxygens (including phenoxy) is 3. The van der Waals surface area contributed by atoms with Crippen molar-refractivity contribution in [1.29, 1.82) is 0 Å². The van der Waals surface area contributed by atoms with Gasteiger partial charge < -0.3 is 18.8 Å². The predicted molar refractivity (Wildman–Crippen MR) is 120 cm³/mol. The SMILES string of the molecule is Cc1cc(C(=O)COC(=O)c2ccccc2Oc2ccccc2)c(C)n1C[C@@H]1CCCO1. The molecule has 2 heterocycles. The molecule has 0 N–H and O–H groups in total. The highest BCUT2D eigenvalue weighted by atomic mass is 16.5. The van der Waals surface area contributed by atoms with Gasteiger partial charge >= 0.3 is 5.97 Å². The van der Waals surface area contributed by atoms with Crippen LogP contribution in [0.3, 0.4) is 0 Å². The van der Waals surface area contributed by atoms with Gasteiger partial charge in [0.2, 0.25) is 5.78 Å². The van der Waals surface area contributed by atoms with Crippen LogP contribution in [0.4, 0.5) is 0 Å². The zero-order valence-electron chi connectivity index (χ0n) is 18.4. The lowest BCUT2D eigenvalue weighted by Gasteiger charge is -2.15. The molecule has 1 atom stereocenters. The highest BCUT2D eigenvalue weighted by Gasteiger charge is 2.22. The minimum Gasteiger partial charge on any atom is -0.456 e. The maximum Gasteiger partial charge on any atom is 0.342 e. The number of hydrogen-bond acceptors (Lipinski definition) is 5. The van der Waals surface area contributed by atoms with E-state index in [1.165, 1.54) is 0 Å². The molecule has 0 amide bonds. The minimum atomic E-state index is -0.599. The molecule has 1 aromatic heterocycles. The summed E-state index contributed by atoms with van der Waals surface area (Å²) in [5.41, 5.74) is 2.70. The van der Waals surface area contributed by atoms with Crippen molar-refractivity contribution in [2.75, 3.05) is 13.2 Å². The Labute approximate surface area is 187 Å². The lowest BCUT2D eigenvalue weighted by atomic mass is 10.1. The molecule has 166 valence electrons. The Morgan fingerprint density at radius 2 is 1.78 bits per heavy atom. The van der Waals surface area contributed by atoms with Gasteiger partial charge in [0, 0.05) is 30.1 Å². The van der Waals surface area contributed by atoms with E-state index in [0.717, 1.165) is 37.4 Å². The molecule has 0 bridgehead atoms. The molecule has 6 nitrogen and oxygen atoms in total. The quantitative estimate of drug-likeness (QED) is 0.365. The molecule has 0 spiro atoms. The second kappa shape index (κ2) is 9.83. The fourth-order valence-corrected chi connectivity index (χ4v) is 3.98. The fraction of sp³-hybridized carbons (Fsp3) is 0.308. The molecule has 0 aliphatic carbocycles. The van der Waals surface area contributed by atoms with E-state index in [9.17, 15) is 9.59 Å². The van der Waals surface area contributed by atoms with Crippen LogP contribution < -0.4 is 4.74 Å². The van der Waals surface area contributed by atoms with E-state index in [1.807, 2.05) is 38.1 Å². The molecule has 3 aromatic rings. The van der Waals surface area contributed by atoms with E-state index in [1.54, 1.807) is 36.4 Å². The molecular weight excluding hydrogens is 406 g/mol. The van der Waals surface area contributed by atoms with E-state index in [0.29, 0.717) is 17.1 Å². The molecule has 6 heteroatoms. The zero-order chi connectivity index (χ0) is 22.5. The maximum absolute atomic E-state index is 12.8. The third-order valence-corrected chi connectivity index (χ3v) is 5.70. The average Bonchev–Trinajstić information content (AvgIpc) is 3.42. The maximum atomic E-state index is 12.8. The molecule has 0 unspecified atom stereocenters. The van der Waals surface area contributed by atoms with E-state index in [4.69, 9.17) is 14.2 Å². The van der Waals surface area contributed by atoms with Crippen molar-refractivity contribution in [2.45, 2.75) is 39.3 Å². The first kappa shape index (κ1) is 21.8. The third-order valence-electron chi connectivity index (χ3n) is 5.70. The molecule has 1 aliphatic rings. The van der Waals surface area contributed by atoms with Crippen molar-refractivity contribution in [2.24, 2.45) is 0 Å². The molecule has 4 rings (SSSR count). The van der Waals surface area contributed by atoms with Crippen molar-refractivity contribution in [3.63, 3.8) is 0 Å². The highest BCUT2D eigenvalue weighted by Crippen LogP contribution is 2.26. The molecule has 0 saturated carbocycles. The zero-order valence-corrected chi connectivity index (χ0v) is 18.4. The second-order valence-electron chi connectivity index (χ2n) is 7.94. The molecule has 1 fully saturated rings. The summed E-state index contributed by atoms with van der Waals surface area (Å²) >= 11 is 0. The number of carbonyl (C=O) groups is 2. The van der Waals surface area contributed by atoms with Crippen molar-refractivity contribution in [3.05, 3.63) is 83.2 Å². The number of aryl methyl sites for hydroxylation is 1. The molecule has 2 aromatic carbocycles. The fourth-order valence-electron chi connectivity index (χ4n) is 3.98. The van der Waals surface area contributed by atoms with Crippen molar-refractivity contribution in [1.82, 2.24) is 4.57 Å². The molecule has 32 heavy (non-hydrogen) atoms. The van der Waals surface area contributed by atoms with E-state index in [2.05, 4.69) is 4.57 Å². The number of ketones is 1. The summed E-state index contributed by atoms with van der Waals surface area (Å²) < 4.78 is 19.0. The number of para-hydroxylation sites is 2. The summed E-state index contributed by atoms with van der Waals surface area (Å²) in [4.78, 5) is 25.5. The Hall–Kier alpha value is -3.38. The lowest BCUT2D eigenvalue weighted by Crippen LogP contribution is -2.18. The lowest BCUT2D eigenvalue weighted by molar-refractivity contribution is 0.0472. The van der Waals surface area contributed by atoms with Crippen LogP contribution in [-0.4, -0.2) is 35.6 Å². The predicted octanol–water partition coefficient (Wildman–Crippen LogP) is 5.12. The van der Waals surface area contributed by atoms with Gasteiger partial charge in [-0.05, 0) is 57.0 Å². The minimum absolute atomic E-state index is 0.182. The van der Waals surface area contributed by atoms with Crippen LogP contribution in [0.15, 0.2) is 60.7 Å². The van der Waals surface area contributed by atoms with Gasteiger partial charge in [0.05, 0.1) is 6.10 Å². The topological polar surface area (TPSA) is 66.8 Å². The van der Waals surface area contributed by atoms with Gasteiger partial charge in [0.25, 0.3) is 0 Å². The number of rotatable bonds is 8. The molecular formula is C26H27NO5. The summed E-state index contributed by atoms with van der Waals surface area (Å²) in [5, 5.41) is 0. The number of carbonyl (C=O) groups excluding carboxylic acids is 2. The molecule has 1 saturated heterocycles. The summed E-state index contributed by atoms with van der Waals surface area (Å²) in [7, 11) is 0. The van der Waals surface area contributed by atoms with Crippen LogP contribution in [0, 0.1) is 13.8 Å². The van der Waals surface area contributed by atoms with Crippen LogP contribution >= 0.6 is 0 Å². The van der Waals surface area contributed by atoms with Gasteiger partial charge in [-0.25, -0.2) is 4.79 Å². The molecule has 0 radical (unpaired) electrons. The summed E-state index contributed by atoms with van der Waals surface area (Å²) in [6.07, 6.45) is 2.28. The van der Waals surface area contributed by atoms with Gasteiger partial charge in [-0.1, -0.05) is 30.3 Å². The number of aromatic nitrogens is 1. The Kier molecular flexibility index (Phi) is 6.71. The van der Waals surface area contributed by atoms with E-state index in [-0.39, 0.29) is 24.1 Å². The number of Topliss-reactive ketones (excluding diaryl/α,β-unsaturated/α-hetero) is 1. The number of benzene rings is 2. The van der Waals surface area contributed by atoms with Crippen LogP contribution in [0.1, 0.15) is 44.9 Å². The monoisotopic (exact) mass is 433 g/mol. The Bertz CT molecular complexity index is 1100. The Morgan fingerprint density at radius 1 is 1.03 bits per heavy atom. The Balaban J connectivity index is 1.42. The highest BCUT2D eigenvalue weighted by molar-refractivity contribution is 6.01. The van der Waals surface area contributed by atoms with Gasteiger partial charge in [-0.3, -0.25) is 4.79 Å². The second-order valence-corrected chi connectivity index (χ2v) is 7.94. The van der Waals surface area contributed by atoms with Crippen molar-refractivity contribution >= 4 is 11.8 Å². The summed E-state index contributed by atoms with van der Waals surface area (Å²) in [5.74, 6) is 0.165. The number of esters is 1. The van der Waals surface area contributed by atoms with Crippen LogP contribution in [0.25, 0.3) is 0 Å². The average molecular weight is 434 g/mol.